The number of fused-ring (bicyclic) bond motifs is 1. The Hall–Kier alpha value is -3.77. The Labute approximate surface area is 202 Å². The molecule has 14 heteroatoms. The van der Waals surface area contributed by atoms with Gasteiger partial charge in [0.05, 0.1) is 28.2 Å². The average molecular weight is 528 g/mol. The monoisotopic (exact) mass is 527 g/mol. The summed E-state index contributed by atoms with van der Waals surface area (Å²) in [5, 5.41) is 18.0. The molecule has 0 unspecified atom stereocenters. The molecule has 0 bridgehead atoms. The molecule has 4 rings (SSSR count). The zero-order valence-electron chi connectivity index (χ0n) is 17.1. The number of benzene rings is 2. The van der Waals surface area contributed by atoms with E-state index in [1.165, 1.54) is 18.2 Å². The van der Waals surface area contributed by atoms with Gasteiger partial charge >= 0.3 is 6.18 Å². The molecule has 2 N–H and O–H groups in total. The van der Waals surface area contributed by atoms with Crippen molar-refractivity contribution in [1.29, 1.82) is 0 Å². The molecule has 0 saturated carbocycles. The molecule has 1 amide bonds. The first-order valence-electron chi connectivity index (χ1n) is 9.55. The molecule has 0 saturated heterocycles. The Kier molecular flexibility index (Phi) is 6.34. The van der Waals surface area contributed by atoms with Crippen molar-refractivity contribution >= 4 is 45.7 Å². The van der Waals surface area contributed by atoms with Gasteiger partial charge in [-0.3, -0.25) is 9.59 Å². The van der Waals surface area contributed by atoms with Gasteiger partial charge in [-0.15, -0.1) is 5.10 Å². The van der Waals surface area contributed by atoms with Crippen LogP contribution in [0, 0.1) is 5.82 Å². The van der Waals surface area contributed by atoms with Crippen LogP contribution < -0.4 is 10.9 Å². The Balaban J connectivity index is 1.79. The summed E-state index contributed by atoms with van der Waals surface area (Å²) in [6, 6.07) is 7.56. The highest BCUT2D eigenvalue weighted by Gasteiger charge is 2.33. The lowest BCUT2D eigenvalue weighted by atomic mass is 10.1. The van der Waals surface area contributed by atoms with Crippen molar-refractivity contribution in [3.8, 4) is 5.75 Å². The fourth-order valence-corrected chi connectivity index (χ4v) is 3.67. The zero-order chi connectivity index (χ0) is 25.5. The molecule has 0 radical (unpaired) electrons. The van der Waals surface area contributed by atoms with E-state index in [4.69, 9.17) is 23.2 Å². The maximum Gasteiger partial charge on any atom is 0.416 e. The van der Waals surface area contributed by atoms with Gasteiger partial charge in [0.2, 0.25) is 0 Å². The predicted molar refractivity (Wildman–Crippen MR) is 118 cm³/mol. The summed E-state index contributed by atoms with van der Waals surface area (Å²) < 4.78 is 55.0. The van der Waals surface area contributed by atoms with Crippen LogP contribution in [0.1, 0.15) is 21.6 Å². The van der Waals surface area contributed by atoms with Gasteiger partial charge in [0.1, 0.15) is 11.2 Å². The van der Waals surface area contributed by atoms with Crippen LogP contribution in [0.15, 0.2) is 47.3 Å². The first-order valence-corrected chi connectivity index (χ1v) is 10.3. The fraction of sp³-hybridized carbons (Fsp3) is 0.0952. The van der Waals surface area contributed by atoms with Crippen LogP contribution in [-0.2, 0) is 12.7 Å². The largest absolute Gasteiger partial charge is 0.504 e. The lowest BCUT2D eigenvalue weighted by Crippen LogP contribution is -2.27. The second-order valence-electron chi connectivity index (χ2n) is 7.11. The highest BCUT2D eigenvalue weighted by Crippen LogP contribution is 2.32. The number of anilines is 1. The van der Waals surface area contributed by atoms with E-state index in [1.54, 1.807) is 0 Å². The number of rotatable bonds is 4. The number of amides is 1. The van der Waals surface area contributed by atoms with E-state index >= 15 is 0 Å². The summed E-state index contributed by atoms with van der Waals surface area (Å²) in [7, 11) is 0. The standard InChI is InChI=1S/C21H11Cl2F4N5O3/c22-11-7-14(28-18(23)17(11)33)19(34)29-13-6-5-12(24)16-15(13)20(35)32(31-30-16)8-9-3-1-2-4-10(9)21(25,26)27/h1-7,33H,8H2,(H,29,34). The molecule has 2 aromatic carbocycles. The number of carbonyl (C=O) groups is 1. The van der Waals surface area contributed by atoms with Gasteiger partial charge in [0.15, 0.2) is 16.7 Å². The Bertz CT molecular complexity index is 1520. The molecule has 2 heterocycles. The molecule has 8 nitrogen and oxygen atoms in total. The van der Waals surface area contributed by atoms with Crippen LogP contribution in [0.5, 0.6) is 5.75 Å². The van der Waals surface area contributed by atoms with Crippen LogP contribution in [0.25, 0.3) is 10.9 Å². The van der Waals surface area contributed by atoms with E-state index in [1.807, 2.05) is 0 Å². The average Bonchev–Trinajstić information content (AvgIpc) is 2.80. The van der Waals surface area contributed by atoms with Crippen LogP contribution in [-0.4, -0.2) is 31.0 Å². The first-order chi connectivity index (χ1) is 16.5. The lowest BCUT2D eigenvalue weighted by molar-refractivity contribution is -0.138. The van der Waals surface area contributed by atoms with Crippen molar-refractivity contribution in [3.05, 3.63) is 85.6 Å². The molecule has 0 aliphatic rings. The number of carbonyl (C=O) groups excluding carboxylic acids is 1. The number of pyridine rings is 1. The van der Waals surface area contributed by atoms with Gasteiger partial charge in [-0.25, -0.2) is 14.1 Å². The number of hydrogen-bond acceptors (Lipinski definition) is 6. The molecule has 0 aliphatic carbocycles. The predicted octanol–water partition coefficient (Wildman–Crippen LogP) is 4.66. The number of nitrogens with one attached hydrogen (secondary N) is 1. The molecular formula is C21H11Cl2F4N5O3. The number of hydrogen-bond donors (Lipinski definition) is 2. The van der Waals surface area contributed by atoms with E-state index in [9.17, 15) is 32.3 Å². The summed E-state index contributed by atoms with van der Waals surface area (Å²) in [4.78, 5) is 29.5. The summed E-state index contributed by atoms with van der Waals surface area (Å²) in [5.41, 5.74) is -3.31. The molecule has 180 valence electrons. The third kappa shape index (κ3) is 4.75. The van der Waals surface area contributed by atoms with Gasteiger partial charge < -0.3 is 10.4 Å². The molecule has 2 aromatic heterocycles. The van der Waals surface area contributed by atoms with Gasteiger partial charge in [-0.2, -0.15) is 13.2 Å². The molecule has 0 atom stereocenters. The van der Waals surface area contributed by atoms with Gasteiger partial charge in [0.25, 0.3) is 11.5 Å². The van der Waals surface area contributed by atoms with Crippen molar-refractivity contribution < 1.29 is 27.5 Å². The smallest absolute Gasteiger partial charge is 0.416 e. The third-order valence-electron chi connectivity index (χ3n) is 4.86. The van der Waals surface area contributed by atoms with Crippen molar-refractivity contribution in [2.45, 2.75) is 12.7 Å². The van der Waals surface area contributed by atoms with E-state index in [-0.39, 0.29) is 22.0 Å². The van der Waals surface area contributed by atoms with E-state index in [0.717, 1.165) is 24.3 Å². The van der Waals surface area contributed by atoms with Gasteiger partial charge in [-0.1, -0.05) is 46.6 Å². The fourth-order valence-electron chi connectivity index (χ4n) is 3.23. The van der Waals surface area contributed by atoms with Crippen molar-refractivity contribution in [1.82, 2.24) is 20.0 Å². The highest BCUT2D eigenvalue weighted by atomic mass is 35.5. The normalized spacial score (nSPS) is 11.6. The summed E-state index contributed by atoms with van der Waals surface area (Å²) >= 11 is 11.5. The molecule has 0 spiro atoms. The zero-order valence-corrected chi connectivity index (χ0v) is 18.6. The Morgan fingerprint density at radius 3 is 2.54 bits per heavy atom. The van der Waals surface area contributed by atoms with Crippen molar-refractivity contribution in [2.24, 2.45) is 0 Å². The molecule has 35 heavy (non-hydrogen) atoms. The maximum absolute atomic E-state index is 14.3. The minimum absolute atomic E-state index is 0.216. The van der Waals surface area contributed by atoms with E-state index in [2.05, 4.69) is 20.6 Å². The second kappa shape index (κ2) is 9.12. The first kappa shape index (κ1) is 24.4. The number of aromatic nitrogens is 4. The summed E-state index contributed by atoms with van der Waals surface area (Å²) in [6.07, 6.45) is -4.69. The Morgan fingerprint density at radius 1 is 1.14 bits per heavy atom. The minimum Gasteiger partial charge on any atom is -0.504 e. The van der Waals surface area contributed by atoms with Gasteiger partial charge in [-0.05, 0) is 29.8 Å². The number of aromatic hydroxyl groups is 1. The third-order valence-corrected chi connectivity index (χ3v) is 5.41. The van der Waals surface area contributed by atoms with E-state index < -0.39 is 57.4 Å². The second-order valence-corrected chi connectivity index (χ2v) is 7.87. The maximum atomic E-state index is 14.3. The lowest BCUT2D eigenvalue weighted by Gasteiger charge is -2.14. The number of nitrogens with zero attached hydrogens (tertiary/aromatic N) is 4. The Morgan fingerprint density at radius 2 is 1.86 bits per heavy atom. The molecule has 0 aliphatic heterocycles. The van der Waals surface area contributed by atoms with Crippen molar-refractivity contribution in [3.63, 3.8) is 0 Å². The highest BCUT2D eigenvalue weighted by molar-refractivity contribution is 6.36. The number of halogens is 6. The van der Waals surface area contributed by atoms with E-state index in [0.29, 0.717) is 4.68 Å². The van der Waals surface area contributed by atoms with Gasteiger partial charge in [0, 0.05) is 0 Å². The SMILES string of the molecule is O=C(Nc1ccc(F)c2nnn(Cc3ccccc3C(F)(F)F)c(=O)c12)c1cc(Cl)c(O)c(Cl)n1. The topological polar surface area (TPSA) is 110 Å². The molecule has 0 fully saturated rings. The number of alkyl halides is 3. The van der Waals surface area contributed by atoms with Crippen LogP contribution in [0.4, 0.5) is 23.2 Å². The van der Waals surface area contributed by atoms with Crippen LogP contribution in [0.2, 0.25) is 10.2 Å². The quantitative estimate of drug-likeness (QED) is 0.295. The molecular weight excluding hydrogens is 517 g/mol. The summed E-state index contributed by atoms with van der Waals surface area (Å²) in [6.45, 7) is -0.619. The summed E-state index contributed by atoms with van der Waals surface area (Å²) in [5.74, 6) is -2.42. The minimum atomic E-state index is -4.69. The molecule has 4 aromatic rings. The van der Waals surface area contributed by atoms with Crippen LogP contribution in [0.3, 0.4) is 0 Å². The van der Waals surface area contributed by atoms with Crippen LogP contribution >= 0.6 is 23.2 Å². The van der Waals surface area contributed by atoms with Crippen molar-refractivity contribution in [2.75, 3.05) is 5.32 Å².